The van der Waals surface area contributed by atoms with Crippen molar-refractivity contribution in [1.29, 1.82) is 0 Å². The Hall–Kier alpha value is -0.500. The van der Waals surface area contributed by atoms with E-state index in [1.807, 2.05) is 0 Å². The zero-order chi connectivity index (χ0) is 43.6. The van der Waals surface area contributed by atoms with Crippen LogP contribution in [0.15, 0.2) is 0 Å². The van der Waals surface area contributed by atoms with Gasteiger partial charge in [-0.2, -0.15) is 12.6 Å². The number of carbonyl (C=O) groups is 2. The molecule has 8 atom stereocenters. The SMILES string of the molecule is CCCCCCCCCCCCCCCC(=O)O[C@H](COC(=O)CCCCCCCCCS)COP(=O)(O)OC1C(O)[C@@H](O)C(OP(=O)(O)O)[C@@H](OP(=O)(O)O)[C@H]1O. The fourth-order valence-corrected chi connectivity index (χ4v) is 8.71. The maximum Gasteiger partial charge on any atom is 0.472 e. The summed E-state index contributed by atoms with van der Waals surface area (Å²) in [5.41, 5.74) is 0. The summed E-state index contributed by atoms with van der Waals surface area (Å²) >= 11 is 4.19. The molecule has 1 aliphatic carbocycles. The lowest BCUT2D eigenvalue weighted by atomic mass is 9.85. The molecule has 19 nitrogen and oxygen atoms in total. The van der Waals surface area contributed by atoms with Gasteiger partial charge in [-0.25, -0.2) is 13.7 Å². The minimum atomic E-state index is -5.59. The van der Waals surface area contributed by atoms with Gasteiger partial charge in [-0.3, -0.25) is 27.7 Å². The van der Waals surface area contributed by atoms with E-state index in [1.54, 1.807) is 0 Å². The van der Waals surface area contributed by atoms with Crippen LogP contribution in [0.25, 0.3) is 0 Å². The molecule has 0 aliphatic heterocycles. The standard InChI is InChI=1S/C35H69O19P3S/c1-2-3-4-5-6-7-8-9-10-11-13-17-20-23-29(37)51-27(25-49-28(36)22-19-16-14-12-15-18-21-24-58)26-50-57(47,48)54-33-30(38)31(39)34(52-55(41,42)43)35(32(33)40)53-56(44,45)46/h27,30-35,38-40,58H,2-26H2,1H3,(H,47,48)(H2,41,42,43)(H2,44,45,46)/t27-,30?,31-,32+,33?,34?,35+/m1/s1. The van der Waals surface area contributed by atoms with E-state index in [2.05, 4.69) is 28.6 Å². The van der Waals surface area contributed by atoms with E-state index in [0.717, 1.165) is 76.4 Å². The number of phosphoric acid groups is 3. The maximum absolute atomic E-state index is 13.0. The highest BCUT2D eigenvalue weighted by molar-refractivity contribution is 7.80. The zero-order valence-corrected chi connectivity index (χ0v) is 37.2. The third-order valence-corrected chi connectivity index (χ3v) is 11.8. The monoisotopic (exact) mass is 918 g/mol. The van der Waals surface area contributed by atoms with E-state index in [4.69, 9.17) is 18.5 Å². The van der Waals surface area contributed by atoms with Gasteiger partial charge in [0.2, 0.25) is 0 Å². The molecular weight excluding hydrogens is 849 g/mol. The van der Waals surface area contributed by atoms with Crippen LogP contribution < -0.4 is 0 Å². The molecule has 0 radical (unpaired) electrons. The molecule has 0 aromatic rings. The maximum atomic E-state index is 13.0. The highest BCUT2D eigenvalue weighted by Gasteiger charge is 2.56. The molecule has 0 bridgehead atoms. The molecule has 58 heavy (non-hydrogen) atoms. The van der Waals surface area contributed by atoms with Crippen LogP contribution in [-0.2, 0) is 50.9 Å². The number of unbranched alkanes of at least 4 members (excludes halogenated alkanes) is 18. The highest BCUT2D eigenvalue weighted by atomic mass is 32.1. The average Bonchev–Trinajstić information content (AvgIpc) is 3.14. The van der Waals surface area contributed by atoms with Crippen LogP contribution in [-0.4, -0.2) is 113 Å². The number of thiol groups is 1. The van der Waals surface area contributed by atoms with Crippen molar-refractivity contribution in [2.75, 3.05) is 19.0 Å². The summed E-state index contributed by atoms with van der Waals surface area (Å²) in [7, 11) is -16.6. The Kier molecular flexibility index (Phi) is 29.2. The molecule has 4 unspecified atom stereocenters. The summed E-state index contributed by atoms with van der Waals surface area (Å²) in [4.78, 5) is 72.7. The van der Waals surface area contributed by atoms with Crippen LogP contribution in [0.5, 0.6) is 0 Å². The Morgan fingerprint density at radius 1 is 0.534 bits per heavy atom. The second-order valence-corrected chi connectivity index (χ2v) is 18.9. The number of phosphoric ester groups is 3. The fourth-order valence-electron chi connectivity index (χ4n) is 6.39. The molecule has 0 amide bonds. The van der Waals surface area contributed by atoms with Crippen molar-refractivity contribution in [2.24, 2.45) is 0 Å². The summed E-state index contributed by atoms with van der Waals surface area (Å²) in [6.07, 6.45) is 4.53. The first-order valence-electron chi connectivity index (χ1n) is 20.4. The van der Waals surface area contributed by atoms with Gasteiger partial charge in [0.05, 0.1) is 6.61 Å². The molecule has 0 saturated heterocycles. The van der Waals surface area contributed by atoms with E-state index in [1.165, 1.54) is 44.9 Å². The zero-order valence-electron chi connectivity index (χ0n) is 33.6. The first-order chi connectivity index (χ1) is 27.3. The summed E-state index contributed by atoms with van der Waals surface area (Å²) in [5.74, 6) is -0.472. The molecule has 8 N–H and O–H groups in total. The molecule has 0 heterocycles. The quantitative estimate of drug-likeness (QED) is 0.0163. The lowest BCUT2D eigenvalue weighted by Gasteiger charge is -2.44. The molecule has 1 aliphatic rings. The van der Waals surface area contributed by atoms with Gasteiger partial charge >= 0.3 is 35.4 Å². The predicted octanol–water partition coefficient (Wildman–Crippen LogP) is 5.53. The Labute approximate surface area is 347 Å². The van der Waals surface area contributed by atoms with E-state index < -0.39 is 91.3 Å². The Morgan fingerprint density at radius 2 is 0.931 bits per heavy atom. The van der Waals surface area contributed by atoms with Crippen LogP contribution in [0.1, 0.15) is 148 Å². The van der Waals surface area contributed by atoms with Crippen LogP contribution in [0.2, 0.25) is 0 Å². The fraction of sp³-hybridized carbons (Fsp3) is 0.943. The Bertz CT molecular complexity index is 1270. The topological polar surface area (TPSA) is 303 Å². The molecule has 1 rings (SSSR count). The van der Waals surface area contributed by atoms with Gasteiger partial charge in [-0.1, -0.05) is 116 Å². The van der Waals surface area contributed by atoms with Crippen molar-refractivity contribution in [3.63, 3.8) is 0 Å². The number of esters is 2. The smallest absolute Gasteiger partial charge is 0.462 e. The molecule has 23 heteroatoms. The predicted molar refractivity (Wildman–Crippen MR) is 214 cm³/mol. The largest absolute Gasteiger partial charge is 0.472 e. The molecule has 1 fully saturated rings. The van der Waals surface area contributed by atoms with Gasteiger partial charge in [0, 0.05) is 12.8 Å². The number of hydrogen-bond acceptors (Lipinski definition) is 15. The van der Waals surface area contributed by atoms with Crippen molar-refractivity contribution in [3.8, 4) is 0 Å². The average molecular weight is 919 g/mol. The second-order valence-electron chi connectivity index (χ2n) is 14.7. The minimum Gasteiger partial charge on any atom is -0.462 e. The molecule has 1 saturated carbocycles. The highest BCUT2D eigenvalue weighted by Crippen LogP contribution is 2.51. The molecule has 0 aromatic heterocycles. The Morgan fingerprint density at radius 3 is 1.38 bits per heavy atom. The first-order valence-corrected chi connectivity index (χ1v) is 25.6. The molecule has 0 aromatic carbocycles. The van der Waals surface area contributed by atoms with Gasteiger partial charge in [-0.05, 0) is 25.0 Å². The summed E-state index contributed by atoms with van der Waals surface area (Å²) in [6.45, 7) is 0.717. The number of aliphatic hydroxyl groups excluding tert-OH is 3. The van der Waals surface area contributed by atoms with Gasteiger partial charge in [-0.15, -0.1) is 0 Å². The summed E-state index contributed by atoms with van der Waals surface area (Å²) in [6, 6.07) is 0. The number of aliphatic hydroxyl groups is 3. The third kappa shape index (κ3) is 26.8. The van der Waals surface area contributed by atoms with E-state index in [0.29, 0.717) is 12.8 Å². The number of hydrogen-bond donors (Lipinski definition) is 9. The summed E-state index contributed by atoms with van der Waals surface area (Å²) in [5, 5.41) is 31.7. The number of ether oxygens (including phenoxy) is 2. The number of rotatable bonds is 35. The molecule has 344 valence electrons. The van der Waals surface area contributed by atoms with E-state index >= 15 is 0 Å². The van der Waals surface area contributed by atoms with Gasteiger partial charge in [0.15, 0.2) is 6.10 Å². The van der Waals surface area contributed by atoms with Crippen molar-refractivity contribution < 1.29 is 90.6 Å². The van der Waals surface area contributed by atoms with Crippen molar-refractivity contribution in [3.05, 3.63) is 0 Å². The minimum absolute atomic E-state index is 0.000636. The Balaban J connectivity index is 2.80. The normalized spacial score (nSPS) is 23.0. The second kappa shape index (κ2) is 30.5. The van der Waals surface area contributed by atoms with Crippen molar-refractivity contribution >= 4 is 48.0 Å². The number of carbonyl (C=O) groups excluding carboxylic acids is 2. The van der Waals surface area contributed by atoms with Crippen LogP contribution >= 0.6 is 36.1 Å². The van der Waals surface area contributed by atoms with E-state index in [-0.39, 0.29) is 12.8 Å². The van der Waals surface area contributed by atoms with E-state index in [9.17, 15) is 63.1 Å². The van der Waals surface area contributed by atoms with Gasteiger partial charge < -0.3 is 49.3 Å². The molecular formula is C35H69O19P3S. The first kappa shape index (κ1) is 55.5. The molecule has 0 spiro atoms. The lowest BCUT2D eigenvalue weighted by molar-refractivity contribution is -0.213. The van der Waals surface area contributed by atoms with Gasteiger partial charge in [0.25, 0.3) is 0 Å². The summed E-state index contributed by atoms with van der Waals surface area (Å²) < 4.78 is 65.0. The van der Waals surface area contributed by atoms with Crippen LogP contribution in [0.3, 0.4) is 0 Å². The van der Waals surface area contributed by atoms with Crippen molar-refractivity contribution in [2.45, 2.75) is 191 Å². The van der Waals surface area contributed by atoms with Crippen molar-refractivity contribution in [1.82, 2.24) is 0 Å². The van der Waals surface area contributed by atoms with Crippen LogP contribution in [0.4, 0.5) is 0 Å². The lowest BCUT2D eigenvalue weighted by Crippen LogP contribution is -2.65. The third-order valence-electron chi connectivity index (χ3n) is 9.47. The van der Waals surface area contributed by atoms with Gasteiger partial charge in [0.1, 0.15) is 43.2 Å². The van der Waals surface area contributed by atoms with Crippen LogP contribution in [0, 0.1) is 0 Å².